The summed E-state index contributed by atoms with van der Waals surface area (Å²) in [5.74, 6) is -0.910. The number of hydrogen-bond acceptors (Lipinski definition) is 6. The summed E-state index contributed by atoms with van der Waals surface area (Å²) in [5.41, 5.74) is 0. The van der Waals surface area contributed by atoms with E-state index in [0.29, 0.717) is 19.3 Å². The molecule has 0 saturated carbocycles. The first-order chi connectivity index (χ1) is 31.0. The minimum Gasteiger partial charge on any atom is -0.462 e. The Morgan fingerprint density at radius 3 is 1.05 bits per heavy atom. The molecule has 0 heterocycles. The maximum absolute atomic E-state index is 12.8. The van der Waals surface area contributed by atoms with Gasteiger partial charge in [0, 0.05) is 19.3 Å². The number of hydrogen-bond donors (Lipinski definition) is 0. The molecule has 0 aliphatic rings. The molecule has 1 unspecified atom stereocenters. The summed E-state index contributed by atoms with van der Waals surface area (Å²) in [6.07, 6.45) is 64.6. The average Bonchev–Trinajstić information content (AvgIpc) is 3.28. The number of unbranched alkanes of at least 4 members (excludes halogenated alkanes) is 24. The Bertz CT molecular complexity index is 1190. The molecule has 6 heteroatoms. The van der Waals surface area contributed by atoms with Crippen molar-refractivity contribution in [2.24, 2.45) is 0 Å². The first-order valence-electron chi connectivity index (χ1n) is 26.4. The van der Waals surface area contributed by atoms with Gasteiger partial charge in [-0.3, -0.25) is 14.4 Å². The second-order valence-electron chi connectivity index (χ2n) is 17.4. The topological polar surface area (TPSA) is 78.9 Å². The van der Waals surface area contributed by atoms with Crippen LogP contribution in [0.5, 0.6) is 0 Å². The Labute approximate surface area is 389 Å². The second-order valence-corrected chi connectivity index (χ2v) is 17.4. The van der Waals surface area contributed by atoms with E-state index in [2.05, 4.69) is 93.7 Å². The molecular weight excluding hydrogens is 781 g/mol. The number of rotatable bonds is 47. The highest BCUT2D eigenvalue weighted by Crippen LogP contribution is 2.15. The lowest BCUT2D eigenvalue weighted by atomic mass is 10.0. The van der Waals surface area contributed by atoms with E-state index in [1.165, 1.54) is 89.9 Å². The first kappa shape index (κ1) is 59.9. The molecule has 0 aromatic heterocycles. The molecule has 0 radical (unpaired) electrons. The summed E-state index contributed by atoms with van der Waals surface area (Å²) in [6.45, 7) is 6.45. The molecule has 362 valence electrons. The molecule has 0 rings (SSSR count). The van der Waals surface area contributed by atoms with Crippen molar-refractivity contribution in [1.29, 1.82) is 0 Å². The van der Waals surface area contributed by atoms with Gasteiger partial charge in [0.15, 0.2) is 6.10 Å². The fourth-order valence-corrected chi connectivity index (χ4v) is 7.24. The largest absolute Gasteiger partial charge is 0.462 e. The van der Waals surface area contributed by atoms with Gasteiger partial charge in [-0.2, -0.15) is 0 Å². The Balaban J connectivity index is 4.35. The van der Waals surface area contributed by atoms with E-state index in [4.69, 9.17) is 14.2 Å². The normalized spacial score (nSPS) is 12.6. The summed E-state index contributed by atoms with van der Waals surface area (Å²) in [5, 5.41) is 0. The molecule has 0 aromatic carbocycles. The smallest absolute Gasteiger partial charge is 0.306 e. The van der Waals surface area contributed by atoms with Gasteiger partial charge in [0.05, 0.1) is 0 Å². The third-order valence-electron chi connectivity index (χ3n) is 11.2. The monoisotopic (exact) mass is 879 g/mol. The van der Waals surface area contributed by atoms with Crippen molar-refractivity contribution < 1.29 is 28.6 Å². The molecular formula is C57H98O6. The summed E-state index contributed by atoms with van der Waals surface area (Å²) < 4.78 is 16.8. The highest BCUT2D eigenvalue weighted by Gasteiger charge is 2.19. The van der Waals surface area contributed by atoms with Gasteiger partial charge in [-0.05, 0) is 83.5 Å². The van der Waals surface area contributed by atoms with E-state index in [0.717, 1.165) is 122 Å². The quantitative estimate of drug-likeness (QED) is 0.0262. The summed E-state index contributed by atoms with van der Waals surface area (Å²) in [4.78, 5) is 37.9. The van der Waals surface area contributed by atoms with Crippen molar-refractivity contribution in [1.82, 2.24) is 0 Å². The summed E-state index contributed by atoms with van der Waals surface area (Å²) >= 11 is 0. The van der Waals surface area contributed by atoms with Crippen LogP contribution in [0, 0.1) is 0 Å². The molecule has 63 heavy (non-hydrogen) atoms. The van der Waals surface area contributed by atoms with E-state index in [9.17, 15) is 14.4 Å². The third kappa shape index (κ3) is 49.7. The minimum atomic E-state index is -0.784. The van der Waals surface area contributed by atoms with Crippen molar-refractivity contribution in [3.8, 4) is 0 Å². The highest BCUT2D eigenvalue weighted by molar-refractivity contribution is 5.71. The predicted molar refractivity (Wildman–Crippen MR) is 270 cm³/mol. The van der Waals surface area contributed by atoms with Gasteiger partial charge in [-0.1, -0.05) is 222 Å². The van der Waals surface area contributed by atoms with Crippen LogP contribution in [0.4, 0.5) is 0 Å². The maximum atomic E-state index is 12.8. The number of allylic oxidation sites excluding steroid dienone is 12. The van der Waals surface area contributed by atoms with Crippen LogP contribution >= 0.6 is 0 Å². The number of carbonyl (C=O) groups is 3. The minimum absolute atomic E-state index is 0.0847. The third-order valence-corrected chi connectivity index (χ3v) is 11.2. The van der Waals surface area contributed by atoms with Gasteiger partial charge in [-0.15, -0.1) is 0 Å². The molecule has 0 amide bonds. The van der Waals surface area contributed by atoms with E-state index in [1.54, 1.807) is 0 Å². The van der Waals surface area contributed by atoms with E-state index in [1.807, 2.05) is 0 Å². The summed E-state index contributed by atoms with van der Waals surface area (Å²) in [7, 11) is 0. The fourth-order valence-electron chi connectivity index (χ4n) is 7.24. The molecule has 6 nitrogen and oxygen atoms in total. The van der Waals surface area contributed by atoms with E-state index < -0.39 is 6.10 Å². The van der Waals surface area contributed by atoms with Crippen LogP contribution < -0.4 is 0 Å². The SMILES string of the molecule is CC/C=C\C/C=C\C/C=C\C/C=C\C/C=C\CCCCCCCC(=O)OCC(COC(=O)CCCCCCC/C=C\CCC)OC(=O)CCCCCCCCCCCCCCCC. The van der Waals surface area contributed by atoms with Crippen LogP contribution in [0.1, 0.15) is 252 Å². The van der Waals surface area contributed by atoms with E-state index >= 15 is 0 Å². The highest BCUT2D eigenvalue weighted by atomic mass is 16.6. The Hall–Kier alpha value is -3.15. The van der Waals surface area contributed by atoms with Gasteiger partial charge in [0.25, 0.3) is 0 Å². The van der Waals surface area contributed by atoms with Crippen molar-refractivity contribution in [3.63, 3.8) is 0 Å². The zero-order chi connectivity index (χ0) is 45.8. The molecule has 0 fully saturated rings. The predicted octanol–water partition coefficient (Wildman–Crippen LogP) is 17.4. The van der Waals surface area contributed by atoms with Crippen LogP contribution in [0.15, 0.2) is 72.9 Å². The van der Waals surface area contributed by atoms with Crippen molar-refractivity contribution in [2.75, 3.05) is 13.2 Å². The van der Waals surface area contributed by atoms with Crippen molar-refractivity contribution in [3.05, 3.63) is 72.9 Å². The maximum Gasteiger partial charge on any atom is 0.306 e. The Morgan fingerprint density at radius 1 is 0.333 bits per heavy atom. The van der Waals surface area contributed by atoms with Crippen molar-refractivity contribution >= 4 is 17.9 Å². The standard InChI is InChI=1S/C57H98O6/c1-4-7-10-13-16-19-22-24-26-27-28-29-30-31-32-34-35-38-41-44-47-50-56(59)62-53-54(52-61-55(58)49-46-43-40-37-21-18-15-12-9-6-3)63-57(60)51-48-45-42-39-36-33-25-23-20-17-14-11-8-5-2/h7,10,12,15-16,19,24,26,28-29,31-32,54H,4-6,8-9,11,13-14,17-18,20-23,25,27,30,33-53H2,1-3H3/b10-7-,15-12-,19-16-,26-24-,29-28-,32-31-. The van der Waals surface area contributed by atoms with Gasteiger partial charge in [0.2, 0.25) is 0 Å². The zero-order valence-electron chi connectivity index (χ0n) is 41.3. The van der Waals surface area contributed by atoms with Gasteiger partial charge in [-0.25, -0.2) is 0 Å². The number of carbonyl (C=O) groups excluding carboxylic acids is 3. The van der Waals surface area contributed by atoms with Crippen LogP contribution in [0.3, 0.4) is 0 Å². The molecule has 0 aliphatic carbocycles. The second kappa shape index (κ2) is 51.5. The molecule has 0 bridgehead atoms. The lowest BCUT2D eigenvalue weighted by molar-refractivity contribution is -0.167. The van der Waals surface area contributed by atoms with Crippen LogP contribution in [0.2, 0.25) is 0 Å². The first-order valence-corrected chi connectivity index (χ1v) is 26.4. The van der Waals surface area contributed by atoms with Crippen LogP contribution in [-0.2, 0) is 28.6 Å². The number of ether oxygens (including phenoxy) is 3. The Kier molecular flexibility index (Phi) is 48.9. The zero-order valence-corrected chi connectivity index (χ0v) is 41.3. The molecule has 0 aliphatic heterocycles. The molecule has 0 aromatic rings. The van der Waals surface area contributed by atoms with Crippen molar-refractivity contribution in [2.45, 2.75) is 258 Å². The van der Waals surface area contributed by atoms with Gasteiger partial charge >= 0.3 is 17.9 Å². The van der Waals surface area contributed by atoms with Crippen LogP contribution in [0.25, 0.3) is 0 Å². The van der Waals surface area contributed by atoms with Gasteiger partial charge in [0.1, 0.15) is 13.2 Å². The lowest BCUT2D eigenvalue weighted by Gasteiger charge is -2.18. The average molecular weight is 879 g/mol. The lowest BCUT2D eigenvalue weighted by Crippen LogP contribution is -2.30. The van der Waals surface area contributed by atoms with E-state index in [-0.39, 0.29) is 31.1 Å². The fraction of sp³-hybridized carbons (Fsp3) is 0.737. The molecule has 0 spiro atoms. The molecule has 1 atom stereocenters. The summed E-state index contributed by atoms with van der Waals surface area (Å²) in [6, 6.07) is 0. The molecule has 0 saturated heterocycles. The number of esters is 3. The van der Waals surface area contributed by atoms with Gasteiger partial charge < -0.3 is 14.2 Å². The Morgan fingerprint density at radius 2 is 0.651 bits per heavy atom. The van der Waals surface area contributed by atoms with Crippen LogP contribution in [-0.4, -0.2) is 37.2 Å². The molecule has 0 N–H and O–H groups in total.